The van der Waals surface area contributed by atoms with Gasteiger partial charge in [-0.25, -0.2) is 0 Å². The Balaban J connectivity index is 1.83. The van der Waals surface area contributed by atoms with Crippen LogP contribution < -0.4 is 10.6 Å². The van der Waals surface area contributed by atoms with Crippen molar-refractivity contribution in [2.24, 2.45) is 0 Å². The number of ether oxygens (including phenoxy) is 1. The van der Waals surface area contributed by atoms with E-state index in [0.717, 1.165) is 18.9 Å². The minimum Gasteiger partial charge on any atom is -0.456 e. The van der Waals surface area contributed by atoms with E-state index in [1.807, 2.05) is 0 Å². The first kappa shape index (κ1) is 19.5. The van der Waals surface area contributed by atoms with Gasteiger partial charge in [0.25, 0.3) is 11.6 Å². The fraction of sp³-hybridized carbons (Fsp3) is 0.467. The molecule has 0 saturated heterocycles. The van der Waals surface area contributed by atoms with Crippen molar-refractivity contribution in [1.82, 2.24) is 5.32 Å². The number of hydrogen-bond acceptors (Lipinski definition) is 6. The molecule has 142 valence electrons. The summed E-state index contributed by atoms with van der Waals surface area (Å²) in [5.74, 6) is -1.12. The molecular formula is C15H16F3N3O5. The molecule has 11 heteroatoms. The van der Waals surface area contributed by atoms with E-state index in [1.54, 1.807) is 0 Å². The van der Waals surface area contributed by atoms with E-state index < -0.39 is 40.8 Å². The highest BCUT2D eigenvalue weighted by atomic mass is 19.4. The van der Waals surface area contributed by atoms with E-state index >= 15 is 0 Å². The number of nitro benzene ring substituents is 1. The largest absolute Gasteiger partial charge is 0.456 e. The van der Waals surface area contributed by atoms with Crippen LogP contribution in [-0.2, 0) is 20.5 Å². The fourth-order valence-electron chi connectivity index (χ4n) is 2.02. The summed E-state index contributed by atoms with van der Waals surface area (Å²) in [7, 11) is 0. The van der Waals surface area contributed by atoms with Gasteiger partial charge in [0.2, 0.25) is 0 Å². The second-order valence-corrected chi connectivity index (χ2v) is 5.67. The number of nitrogens with zero attached hydrogens (tertiary/aromatic N) is 1. The van der Waals surface area contributed by atoms with Gasteiger partial charge in [0.15, 0.2) is 6.61 Å². The van der Waals surface area contributed by atoms with Crippen LogP contribution in [0.2, 0.25) is 0 Å². The first-order chi connectivity index (χ1) is 12.2. The Hall–Kier alpha value is -2.85. The average molecular weight is 375 g/mol. The number of carbonyl (C=O) groups is 2. The van der Waals surface area contributed by atoms with E-state index in [1.165, 1.54) is 0 Å². The smallest absolute Gasteiger partial charge is 0.416 e. The number of nitro groups is 1. The Morgan fingerprint density at radius 2 is 2.00 bits per heavy atom. The Morgan fingerprint density at radius 1 is 1.31 bits per heavy atom. The quantitative estimate of drug-likeness (QED) is 0.410. The Bertz CT molecular complexity index is 704. The lowest BCUT2D eigenvalue weighted by atomic mass is 10.1. The number of esters is 1. The van der Waals surface area contributed by atoms with E-state index in [9.17, 15) is 32.9 Å². The molecule has 0 atom stereocenters. The van der Waals surface area contributed by atoms with Crippen LogP contribution in [0.4, 0.5) is 24.5 Å². The van der Waals surface area contributed by atoms with Crippen LogP contribution in [-0.4, -0.2) is 36.0 Å². The molecule has 0 aromatic heterocycles. The summed E-state index contributed by atoms with van der Waals surface area (Å²) in [5.41, 5.74) is -2.05. The van der Waals surface area contributed by atoms with Crippen LogP contribution in [0, 0.1) is 10.1 Å². The number of anilines is 1. The van der Waals surface area contributed by atoms with Crippen LogP contribution in [0.1, 0.15) is 24.8 Å². The third kappa shape index (κ3) is 5.90. The normalized spacial score (nSPS) is 13.8. The molecule has 1 aromatic rings. The lowest BCUT2D eigenvalue weighted by Crippen LogP contribution is -2.30. The Morgan fingerprint density at radius 3 is 2.58 bits per heavy atom. The molecule has 0 aliphatic heterocycles. The maximum Gasteiger partial charge on any atom is 0.416 e. The molecule has 2 rings (SSSR count). The third-order valence-corrected chi connectivity index (χ3v) is 3.47. The second-order valence-electron chi connectivity index (χ2n) is 5.67. The van der Waals surface area contributed by atoms with Crippen LogP contribution in [0.3, 0.4) is 0 Å². The molecular weight excluding hydrogens is 359 g/mol. The SMILES string of the molecule is O=C(COC(=O)CCNc1ccc(C(F)(F)F)cc1[N+](=O)[O-])NC1CC1. The number of halogens is 3. The molecule has 0 heterocycles. The summed E-state index contributed by atoms with van der Waals surface area (Å²) in [4.78, 5) is 32.9. The zero-order valence-electron chi connectivity index (χ0n) is 13.5. The Labute approximate surface area is 145 Å². The molecule has 1 aliphatic carbocycles. The van der Waals surface area contributed by atoms with Gasteiger partial charge in [0, 0.05) is 18.7 Å². The van der Waals surface area contributed by atoms with Gasteiger partial charge in [-0.3, -0.25) is 19.7 Å². The molecule has 0 unspecified atom stereocenters. The van der Waals surface area contributed by atoms with Crippen LogP contribution >= 0.6 is 0 Å². The zero-order chi connectivity index (χ0) is 19.3. The van der Waals surface area contributed by atoms with Crippen molar-refractivity contribution in [3.05, 3.63) is 33.9 Å². The minimum atomic E-state index is -4.70. The maximum absolute atomic E-state index is 12.6. The van der Waals surface area contributed by atoms with Crippen molar-refractivity contribution in [3.63, 3.8) is 0 Å². The molecule has 1 amide bonds. The minimum absolute atomic E-state index is 0.102. The number of hydrogen-bond donors (Lipinski definition) is 2. The highest BCUT2D eigenvalue weighted by molar-refractivity contribution is 5.81. The molecule has 2 N–H and O–H groups in total. The standard InChI is InChI=1S/C15H16F3N3O5/c16-15(17,18)9-1-4-11(12(7-9)21(24)25)19-6-5-14(23)26-8-13(22)20-10-2-3-10/h1,4,7,10,19H,2-3,5-6,8H2,(H,20,22). The topological polar surface area (TPSA) is 111 Å². The Kier molecular flexibility index (Phi) is 6.01. The number of alkyl halides is 3. The predicted molar refractivity (Wildman–Crippen MR) is 83.3 cm³/mol. The number of carbonyl (C=O) groups excluding carboxylic acids is 2. The monoisotopic (exact) mass is 375 g/mol. The van der Waals surface area contributed by atoms with Crippen molar-refractivity contribution in [2.45, 2.75) is 31.5 Å². The molecule has 0 bridgehead atoms. The number of nitrogens with one attached hydrogen (secondary N) is 2. The first-order valence-electron chi connectivity index (χ1n) is 7.71. The summed E-state index contributed by atoms with van der Waals surface area (Å²) >= 11 is 0. The number of amides is 1. The van der Waals surface area contributed by atoms with Crippen LogP contribution in [0.5, 0.6) is 0 Å². The lowest BCUT2D eigenvalue weighted by Gasteiger charge is -2.10. The van der Waals surface area contributed by atoms with Crippen molar-refractivity contribution >= 4 is 23.3 Å². The highest BCUT2D eigenvalue weighted by Crippen LogP contribution is 2.34. The van der Waals surface area contributed by atoms with Gasteiger partial charge in [-0.05, 0) is 25.0 Å². The maximum atomic E-state index is 12.6. The van der Waals surface area contributed by atoms with Crippen molar-refractivity contribution in [2.75, 3.05) is 18.5 Å². The van der Waals surface area contributed by atoms with Crippen molar-refractivity contribution < 1.29 is 32.4 Å². The van der Waals surface area contributed by atoms with E-state index in [4.69, 9.17) is 4.74 Å². The number of benzene rings is 1. The summed E-state index contributed by atoms with van der Waals surface area (Å²) in [6, 6.07) is 2.19. The van der Waals surface area contributed by atoms with E-state index in [0.29, 0.717) is 12.1 Å². The van der Waals surface area contributed by atoms with Gasteiger partial charge in [0.1, 0.15) is 5.69 Å². The van der Waals surface area contributed by atoms with E-state index in [-0.39, 0.29) is 24.7 Å². The van der Waals surface area contributed by atoms with Gasteiger partial charge in [-0.2, -0.15) is 13.2 Å². The van der Waals surface area contributed by atoms with Gasteiger partial charge < -0.3 is 15.4 Å². The first-order valence-corrected chi connectivity index (χ1v) is 7.71. The van der Waals surface area contributed by atoms with Gasteiger partial charge in [-0.1, -0.05) is 0 Å². The second kappa shape index (κ2) is 8.02. The molecule has 8 nitrogen and oxygen atoms in total. The highest BCUT2D eigenvalue weighted by Gasteiger charge is 2.33. The summed E-state index contributed by atoms with van der Waals surface area (Å²) in [6.07, 6.45) is -3.12. The zero-order valence-corrected chi connectivity index (χ0v) is 13.5. The summed E-state index contributed by atoms with van der Waals surface area (Å²) in [5, 5.41) is 16.1. The van der Waals surface area contributed by atoms with Crippen LogP contribution in [0.15, 0.2) is 18.2 Å². The van der Waals surface area contributed by atoms with E-state index in [2.05, 4.69) is 10.6 Å². The fourth-order valence-corrected chi connectivity index (χ4v) is 2.02. The average Bonchev–Trinajstić information content (AvgIpc) is 3.36. The molecule has 1 aromatic carbocycles. The molecule has 26 heavy (non-hydrogen) atoms. The van der Waals surface area contributed by atoms with Crippen LogP contribution in [0.25, 0.3) is 0 Å². The molecule has 1 fully saturated rings. The molecule has 1 saturated carbocycles. The molecule has 1 aliphatic rings. The predicted octanol–water partition coefficient (Wildman–Crippen LogP) is 2.24. The lowest BCUT2D eigenvalue weighted by molar-refractivity contribution is -0.384. The molecule has 0 spiro atoms. The van der Waals surface area contributed by atoms with Gasteiger partial charge in [0.05, 0.1) is 16.9 Å². The van der Waals surface area contributed by atoms with Gasteiger partial charge in [-0.15, -0.1) is 0 Å². The third-order valence-electron chi connectivity index (χ3n) is 3.47. The summed E-state index contributed by atoms with van der Waals surface area (Å²) < 4.78 is 42.6. The van der Waals surface area contributed by atoms with Crippen molar-refractivity contribution in [1.29, 1.82) is 0 Å². The number of rotatable bonds is 8. The summed E-state index contributed by atoms with van der Waals surface area (Å²) in [6.45, 7) is -0.523. The van der Waals surface area contributed by atoms with Gasteiger partial charge >= 0.3 is 12.1 Å². The molecule has 0 radical (unpaired) electrons. The van der Waals surface area contributed by atoms with Crippen molar-refractivity contribution in [3.8, 4) is 0 Å².